The third-order valence-electron chi connectivity index (χ3n) is 5.76. The second kappa shape index (κ2) is 13.8. The van der Waals surface area contributed by atoms with Crippen molar-refractivity contribution in [1.82, 2.24) is 19.5 Å². The molecule has 0 bridgehead atoms. The summed E-state index contributed by atoms with van der Waals surface area (Å²) >= 11 is 6.10. The average molecular weight is 565 g/mol. The molecule has 2 aromatic rings. The van der Waals surface area contributed by atoms with E-state index in [1.165, 1.54) is 0 Å². The summed E-state index contributed by atoms with van der Waals surface area (Å²) in [7, 11) is 0. The highest BCUT2D eigenvalue weighted by Crippen LogP contribution is 2.31. The molecule has 0 spiro atoms. The number of benzene rings is 1. The van der Waals surface area contributed by atoms with E-state index >= 15 is 0 Å². The Kier molecular flexibility index (Phi) is 10.8. The number of aromatic nitrogens is 1. The van der Waals surface area contributed by atoms with Gasteiger partial charge in [0, 0.05) is 39.3 Å². The Morgan fingerprint density at radius 3 is 2.46 bits per heavy atom. The zero-order valence-corrected chi connectivity index (χ0v) is 21.4. The molecule has 0 unspecified atom stereocenters. The fourth-order valence-corrected chi connectivity index (χ4v) is 4.66. The topological polar surface area (TPSA) is 133 Å². The SMILES string of the molecule is NC(=O)c1c(OCc2c(F)cc(Cl)c(F)c2F)nsc1NC(=O)NCCCCN1CCN(CCO)CC1. The van der Waals surface area contributed by atoms with Gasteiger partial charge < -0.3 is 25.8 Å². The maximum absolute atomic E-state index is 14.0. The molecule has 0 atom stereocenters. The number of unbranched alkanes of at least 4 members (excludes halogenated alkanes) is 1. The number of hydrogen-bond acceptors (Lipinski definition) is 8. The van der Waals surface area contributed by atoms with Crippen molar-refractivity contribution in [2.75, 3.05) is 57.7 Å². The van der Waals surface area contributed by atoms with Gasteiger partial charge >= 0.3 is 6.03 Å². The summed E-state index contributed by atoms with van der Waals surface area (Å²) in [5.41, 5.74) is 4.35. The summed E-state index contributed by atoms with van der Waals surface area (Å²) in [6.45, 7) is 5.07. The number of hydrogen-bond donors (Lipinski definition) is 4. The van der Waals surface area contributed by atoms with Gasteiger partial charge in [0.1, 0.15) is 23.0 Å². The first-order chi connectivity index (χ1) is 17.7. The number of nitrogens with one attached hydrogen (secondary N) is 2. The molecule has 1 aliphatic rings. The minimum absolute atomic E-state index is 0.0102. The van der Waals surface area contributed by atoms with E-state index in [0.717, 1.165) is 45.6 Å². The summed E-state index contributed by atoms with van der Waals surface area (Å²) in [6.07, 6.45) is 1.61. The number of anilines is 1. The molecule has 0 aliphatic carbocycles. The summed E-state index contributed by atoms with van der Waals surface area (Å²) < 4.78 is 50.7. The van der Waals surface area contributed by atoms with Crippen LogP contribution in [-0.4, -0.2) is 83.6 Å². The van der Waals surface area contributed by atoms with E-state index in [9.17, 15) is 22.8 Å². The number of rotatable bonds is 12. The molecular weight excluding hydrogens is 537 g/mol. The third kappa shape index (κ3) is 7.92. The second-order valence-electron chi connectivity index (χ2n) is 8.29. The van der Waals surface area contributed by atoms with Crippen molar-refractivity contribution in [3.8, 4) is 5.88 Å². The van der Waals surface area contributed by atoms with Gasteiger partial charge in [-0.15, -0.1) is 0 Å². The monoisotopic (exact) mass is 564 g/mol. The van der Waals surface area contributed by atoms with Crippen LogP contribution in [0.2, 0.25) is 5.02 Å². The molecule has 1 aromatic heterocycles. The first-order valence-electron chi connectivity index (χ1n) is 11.6. The zero-order valence-electron chi connectivity index (χ0n) is 19.9. The van der Waals surface area contributed by atoms with E-state index in [-0.39, 0.29) is 23.1 Å². The molecule has 37 heavy (non-hydrogen) atoms. The van der Waals surface area contributed by atoms with Crippen molar-refractivity contribution < 1.29 is 32.6 Å². The Morgan fingerprint density at radius 1 is 1.14 bits per heavy atom. The van der Waals surface area contributed by atoms with Crippen LogP contribution >= 0.6 is 23.1 Å². The lowest BCUT2D eigenvalue weighted by Gasteiger charge is -2.34. The summed E-state index contributed by atoms with van der Waals surface area (Å²) in [5, 5.41) is 13.4. The number of primary amides is 1. The van der Waals surface area contributed by atoms with Crippen molar-refractivity contribution in [2.24, 2.45) is 5.73 Å². The van der Waals surface area contributed by atoms with E-state index < -0.39 is 46.6 Å². The van der Waals surface area contributed by atoms with E-state index in [2.05, 4.69) is 24.8 Å². The zero-order chi connectivity index (χ0) is 26.9. The molecule has 0 radical (unpaired) electrons. The first kappa shape index (κ1) is 28.9. The maximum Gasteiger partial charge on any atom is 0.319 e. The minimum atomic E-state index is -1.53. The van der Waals surface area contributed by atoms with Crippen LogP contribution < -0.4 is 21.1 Å². The average Bonchev–Trinajstić information content (AvgIpc) is 3.26. The fraction of sp³-hybridized carbons (Fsp3) is 0.500. The fourth-order valence-electron chi connectivity index (χ4n) is 3.74. The van der Waals surface area contributed by atoms with Crippen LogP contribution in [0.5, 0.6) is 5.88 Å². The summed E-state index contributed by atoms with van der Waals surface area (Å²) in [6, 6.07) is 0.0118. The molecule has 5 N–H and O–H groups in total. The number of carbonyl (C=O) groups excluding carboxylic acids is 2. The highest BCUT2D eigenvalue weighted by atomic mass is 35.5. The molecule has 204 valence electrons. The second-order valence-corrected chi connectivity index (χ2v) is 9.47. The molecule has 0 saturated carbocycles. The lowest BCUT2D eigenvalue weighted by molar-refractivity contribution is 0.0996. The van der Waals surface area contributed by atoms with Crippen LogP contribution in [0.25, 0.3) is 0 Å². The van der Waals surface area contributed by atoms with Crippen LogP contribution in [0.15, 0.2) is 6.07 Å². The molecule has 1 saturated heterocycles. The van der Waals surface area contributed by atoms with Gasteiger partial charge in [-0.1, -0.05) is 11.6 Å². The molecule has 3 amide bonds. The normalized spacial score (nSPS) is 14.5. The lowest BCUT2D eigenvalue weighted by Crippen LogP contribution is -2.47. The van der Waals surface area contributed by atoms with Gasteiger partial charge in [0.15, 0.2) is 11.6 Å². The Hall–Kier alpha value is -2.65. The van der Waals surface area contributed by atoms with Gasteiger partial charge in [0.2, 0.25) is 5.88 Å². The van der Waals surface area contributed by atoms with E-state index in [4.69, 9.17) is 27.2 Å². The largest absolute Gasteiger partial charge is 0.471 e. The van der Waals surface area contributed by atoms with Gasteiger partial charge in [0.05, 0.1) is 17.2 Å². The highest BCUT2D eigenvalue weighted by molar-refractivity contribution is 7.11. The number of ether oxygens (including phenoxy) is 1. The van der Waals surface area contributed by atoms with Crippen molar-refractivity contribution in [3.05, 3.63) is 39.7 Å². The van der Waals surface area contributed by atoms with E-state index in [1.54, 1.807) is 0 Å². The number of urea groups is 1. The molecule has 15 heteroatoms. The van der Waals surface area contributed by atoms with Gasteiger partial charge in [-0.05, 0) is 37.0 Å². The molecule has 3 rings (SSSR count). The Balaban J connectivity index is 1.46. The van der Waals surface area contributed by atoms with Crippen molar-refractivity contribution in [2.45, 2.75) is 19.4 Å². The number of piperazine rings is 1. The lowest BCUT2D eigenvalue weighted by atomic mass is 10.2. The predicted molar refractivity (Wildman–Crippen MR) is 133 cm³/mol. The van der Waals surface area contributed by atoms with Crippen molar-refractivity contribution in [1.29, 1.82) is 0 Å². The molecule has 1 aromatic carbocycles. The van der Waals surface area contributed by atoms with Gasteiger partial charge in [-0.3, -0.25) is 15.0 Å². The maximum atomic E-state index is 14.0. The number of nitrogens with zero attached hydrogens (tertiary/aromatic N) is 3. The number of halogens is 4. The minimum Gasteiger partial charge on any atom is -0.471 e. The number of amides is 3. The van der Waals surface area contributed by atoms with E-state index in [1.807, 2.05) is 0 Å². The highest BCUT2D eigenvalue weighted by Gasteiger charge is 2.24. The number of nitrogens with two attached hydrogens (primary N) is 1. The predicted octanol–water partition coefficient (Wildman–Crippen LogP) is 2.40. The Labute approximate surface area is 220 Å². The molecule has 1 aliphatic heterocycles. The molecular formula is C22H28ClF3N6O4S. The van der Waals surface area contributed by atoms with Gasteiger partial charge in [-0.2, -0.15) is 4.37 Å². The number of aliphatic hydroxyl groups excluding tert-OH is 1. The van der Waals surface area contributed by atoms with Crippen molar-refractivity contribution >= 4 is 40.1 Å². The first-order valence-corrected chi connectivity index (χ1v) is 12.7. The van der Waals surface area contributed by atoms with Crippen LogP contribution in [0.3, 0.4) is 0 Å². The smallest absolute Gasteiger partial charge is 0.319 e. The van der Waals surface area contributed by atoms with Crippen LogP contribution in [0, 0.1) is 17.5 Å². The molecule has 2 heterocycles. The summed E-state index contributed by atoms with van der Waals surface area (Å²) in [5.74, 6) is -5.44. The number of β-amino-alcohol motifs (C(OH)–C–C–N with tert-alkyl or cyclic N) is 1. The van der Waals surface area contributed by atoms with E-state index in [0.29, 0.717) is 30.7 Å². The number of aliphatic hydroxyl groups is 1. The summed E-state index contributed by atoms with van der Waals surface area (Å²) in [4.78, 5) is 28.7. The van der Waals surface area contributed by atoms with Gasteiger partial charge in [0.25, 0.3) is 5.91 Å². The van der Waals surface area contributed by atoms with Crippen LogP contribution in [0.1, 0.15) is 28.8 Å². The Morgan fingerprint density at radius 2 is 1.81 bits per heavy atom. The van der Waals surface area contributed by atoms with Crippen molar-refractivity contribution in [3.63, 3.8) is 0 Å². The molecule has 1 fully saturated rings. The number of carbonyl (C=O) groups is 2. The third-order valence-corrected chi connectivity index (χ3v) is 6.79. The molecule has 10 nitrogen and oxygen atoms in total. The Bertz CT molecular complexity index is 1100. The van der Waals surface area contributed by atoms with Crippen LogP contribution in [0.4, 0.5) is 23.0 Å². The standard InChI is InChI=1S/C22H28ClF3N6O4S/c23-14-11-15(24)13(17(25)18(14)26)12-36-20-16(19(27)34)21(37-30-20)29-22(35)28-3-1-2-4-31-5-7-32(8-6-31)9-10-33/h11,33H,1-10,12H2,(H2,27,34)(H2,28,29,35). The quantitative estimate of drug-likeness (QED) is 0.177. The van der Waals surface area contributed by atoms with Crippen LogP contribution in [-0.2, 0) is 6.61 Å². The van der Waals surface area contributed by atoms with Gasteiger partial charge in [-0.25, -0.2) is 18.0 Å².